The van der Waals surface area contributed by atoms with E-state index in [1.165, 1.54) is 72.6 Å². The largest absolute Gasteiger partial charge is 0.311 e. The molecular formula is C52H43N. The van der Waals surface area contributed by atoms with Crippen LogP contribution in [-0.4, -0.2) is 0 Å². The minimum atomic E-state index is -0.322. The van der Waals surface area contributed by atoms with Crippen molar-refractivity contribution in [2.24, 2.45) is 0 Å². The maximum Gasteiger partial charge on any atom is 0.0676 e. The van der Waals surface area contributed by atoms with Crippen LogP contribution >= 0.6 is 0 Å². The molecule has 0 saturated carbocycles. The van der Waals surface area contributed by atoms with Crippen molar-refractivity contribution >= 4 is 11.4 Å². The Balaban J connectivity index is 1.02. The number of hydrogen-bond donors (Lipinski definition) is 0. The topological polar surface area (TPSA) is 3.24 Å². The minimum Gasteiger partial charge on any atom is -0.311 e. The number of para-hydroxylation sites is 1. The fourth-order valence-electron chi connectivity index (χ4n) is 9.85. The molecule has 0 spiro atoms. The lowest BCUT2D eigenvalue weighted by atomic mass is 9.65. The molecule has 4 aliphatic rings. The molecule has 53 heavy (non-hydrogen) atoms. The summed E-state index contributed by atoms with van der Waals surface area (Å²) < 4.78 is 0. The van der Waals surface area contributed by atoms with Crippen LogP contribution in [0.1, 0.15) is 72.4 Å². The maximum absolute atomic E-state index is 2.48. The molecule has 1 atom stereocenters. The van der Waals surface area contributed by atoms with Crippen molar-refractivity contribution in [2.75, 3.05) is 4.90 Å². The molecule has 6 aromatic carbocycles. The molecule has 0 fully saturated rings. The molecule has 0 radical (unpaired) electrons. The molecule has 1 unspecified atom stereocenters. The van der Waals surface area contributed by atoms with Gasteiger partial charge in [0.15, 0.2) is 0 Å². The number of fused-ring (bicyclic) bond motifs is 6. The van der Waals surface area contributed by atoms with Gasteiger partial charge in [-0.1, -0.05) is 171 Å². The van der Waals surface area contributed by atoms with E-state index in [1.807, 2.05) is 0 Å². The van der Waals surface area contributed by atoms with E-state index in [0.29, 0.717) is 5.92 Å². The summed E-state index contributed by atoms with van der Waals surface area (Å²) in [6.07, 6.45) is 17.2. The first-order chi connectivity index (χ1) is 26.0. The van der Waals surface area contributed by atoms with E-state index in [2.05, 4.69) is 201 Å². The fourth-order valence-corrected chi connectivity index (χ4v) is 9.85. The monoisotopic (exact) mass is 681 g/mol. The number of rotatable bonds is 6. The molecule has 256 valence electrons. The average molecular weight is 682 g/mol. The van der Waals surface area contributed by atoms with Crippen LogP contribution in [0.5, 0.6) is 0 Å². The van der Waals surface area contributed by atoms with E-state index in [-0.39, 0.29) is 10.8 Å². The minimum absolute atomic E-state index is 0.00302. The van der Waals surface area contributed by atoms with Crippen LogP contribution in [0.3, 0.4) is 0 Å². The summed E-state index contributed by atoms with van der Waals surface area (Å²) in [6.45, 7) is 4.74. The molecule has 0 aromatic heterocycles. The van der Waals surface area contributed by atoms with Gasteiger partial charge in [0.1, 0.15) is 0 Å². The lowest BCUT2D eigenvalue weighted by Crippen LogP contribution is -2.30. The lowest BCUT2D eigenvalue weighted by Gasteiger charge is -2.37. The van der Waals surface area contributed by atoms with Crippen molar-refractivity contribution in [1.29, 1.82) is 0 Å². The van der Waals surface area contributed by atoms with Gasteiger partial charge in [0, 0.05) is 28.4 Å². The third-order valence-corrected chi connectivity index (χ3v) is 12.4. The molecule has 10 rings (SSSR count). The zero-order valence-corrected chi connectivity index (χ0v) is 30.5. The summed E-state index contributed by atoms with van der Waals surface area (Å²) in [5.41, 5.74) is 18.5. The normalized spacial score (nSPS) is 18.3. The fraction of sp³-hybridized carbons (Fsp3) is 0.154. The summed E-state index contributed by atoms with van der Waals surface area (Å²) in [5, 5.41) is 0. The quantitative estimate of drug-likeness (QED) is 0.169. The highest BCUT2D eigenvalue weighted by Crippen LogP contribution is 2.58. The van der Waals surface area contributed by atoms with Gasteiger partial charge in [-0.15, -0.1) is 0 Å². The molecule has 4 aliphatic carbocycles. The van der Waals surface area contributed by atoms with Gasteiger partial charge >= 0.3 is 0 Å². The predicted octanol–water partition coefficient (Wildman–Crippen LogP) is 13.3. The van der Waals surface area contributed by atoms with Crippen LogP contribution in [0.4, 0.5) is 11.4 Å². The van der Waals surface area contributed by atoms with Crippen LogP contribution in [0, 0.1) is 0 Å². The van der Waals surface area contributed by atoms with Gasteiger partial charge in [-0.3, -0.25) is 0 Å². The van der Waals surface area contributed by atoms with Gasteiger partial charge in [0.05, 0.1) is 5.41 Å². The van der Waals surface area contributed by atoms with E-state index >= 15 is 0 Å². The summed E-state index contributed by atoms with van der Waals surface area (Å²) in [5.74, 6) is 0.337. The lowest BCUT2D eigenvalue weighted by molar-refractivity contribution is 0.658. The summed E-state index contributed by atoms with van der Waals surface area (Å²) >= 11 is 0. The molecule has 0 amide bonds. The Hall–Kier alpha value is -5.92. The standard InChI is InChI=1S/C52H43N/c1-51(2)47-22-12-9-19-43(47)46-34-27-37(35-50(46)51)36-25-30-41(31-26-36)53(40-17-7-4-8-18-40)42-32-28-39(29-33-42)52(38-15-5-3-6-16-38)48-23-13-10-20-44(48)45-21-11-14-24-49(45)52/h3-5,7-15,17-25,27-36H,6,16,26H2,1-2H3. The highest BCUT2D eigenvalue weighted by Gasteiger charge is 2.47. The van der Waals surface area contributed by atoms with Crippen LogP contribution in [0.25, 0.3) is 22.3 Å². The van der Waals surface area contributed by atoms with Gasteiger partial charge in [-0.05, 0) is 105 Å². The zero-order chi connectivity index (χ0) is 35.6. The van der Waals surface area contributed by atoms with E-state index in [0.717, 1.165) is 24.9 Å². The van der Waals surface area contributed by atoms with E-state index in [4.69, 9.17) is 0 Å². The van der Waals surface area contributed by atoms with Crippen LogP contribution < -0.4 is 4.90 Å². The Morgan fingerprint density at radius 3 is 1.83 bits per heavy atom. The van der Waals surface area contributed by atoms with Crippen LogP contribution in [0.15, 0.2) is 193 Å². The van der Waals surface area contributed by atoms with Crippen LogP contribution in [-0.2, 0) is 10.8 Å². The Kier molecular flexibility index (Phi) is 7.41. The summed E-state index contributed by atoms with van der Waals surface area (Å²) in [4.78, 5) is 2.42. The Bertz CT molecular complexity index is 2460. The SMILES string of the molecule is CC1(C)c2ccccc2-c2ccc(C3C=CC(N(c4ccccc4)c4ccc(C5(C6=CC=CCC6)c6ccccc6-c6ccccc65)cc4)=CC3)cc21. The average Bonchev–Trinajstić information content (AvgIpc) is 3.65. The molecule has 0 bridgehead atoms. The Morgan fingerprint density at radius 2 is 1.19 bits per heavy atom. The molecule has 0 N–H and O–H groups in total. The number of nitrogens with zero attached hydrogens (tertiary/aromatic N) is 1. The Morgan fingerprint density at radius 1 is 0.585 bits per heavy atom. The van der Waals surface area contributed by atoms with E-state index in [1.54, 1.807) is 0 Å². The number of anilines is 2. The van der Waals surface area contributed by atoms with Crippen molar-refractivity contribution in [3.05, 3.63) is 227 Å². The van der Waals surface area contributed by atoms with Gasteiger partial charge in [0.25, 0.3) is 0 Å². The van der Waals surface area contributed by atoms with Crippen molar-refractivity contribution in [2.45, 2.75) is 49.9 Å². The van der Waals surface area contributed by atoms with Crippen molar-refractivity contribution in [3.8, 4) is 22.3 Å². The van der Waals surface area contributed by atoms with Gasteiger partial charge in [0.2, 0.25) is 0 Å². The summed E-state index contributed by atoms with van der Waals surface area (Å²) in [7, 11) is 0. The van der Waals surface area contributed by atoms with E-state index < -0.39 is 0 Å². The molecule has 0 saturated heterocycles. The smallest absolute Gasteiger partial charge is 0.0676 e. The molecule has 0 aliphatic heterocycles. The molecule has 1 heteroatoms. The van der Waals surface area contributed by atoms with Crippen molar-refractivity contribution < 1.29 is 0 Å². The third kappa shape index (κ3) is 4.84. The predicted molar refractivity (Wildman–Crippen MR) is 222 cm³/mol. The van der Waals surface area contributed by atoms with Gasteiger partial charge in [-0.2, -0.15) is 0 Å². The first-order valence-corrected chi connectivity index (χ1v) is 19.2. The third-order valence-electron chi connectivity index (χ3n) is 12.4. The number of hydrogen-bond acceptors (Lipinski definition) is 1. The highest BCUT2D eigenvalue weighted by molar-refractivity contribution is 5.86. The first-order valence-electron chi connectivity index (χ1n) is 19.2. The Labute approximate surface area is 314 Å². The second-order valence-electron chi connectivity index (χ2n) is 15.5. The number of allylic oxidation sites excluding steroid dienone is 7. The second-order valence-corrected chi connectivity index (χ2v) is 15.5. The summed E-state index contributed by atoms with van der Waals surface area (Å²) in [6, 6.07) is 54.5. The van der Waals surface area contributed by atoms with E-state index in [9.17, 15) is 0 Å². The van der Waals surface area contributed by atoms with Gasteiger partial charge < -0.3 is 4.90 Å². The molecule has 1 nitrogen and oxygen atoms in total. The van der Waals surface area contributed by atoms with Crippen molar-refractivity contribution in [1.82, 2.24) is 0 Å². The second kappa shape index (κ2) is 12.3. The van der Waals surface area contributed by atoms with Crippen LogP contribution in [0.2, 0.25) is 0 Å². The number of benzene rings is 6. The highest BCUT2D eigenvalue weighted by atomic mass is 15.1. The zero-order valence-electron chi connectivity index (χ0n) is 30.5. The first kappa shape index (κ1) is 31.8. The molecule has 0 heterocycles. The van der Waals surface area contributed by atoms with Crippen molar-refractivity contribution in [3.63, 3.8) is 0 Å². The molecular weight excluding hydrogens is 639 g/mol. The van der Waals surface area contributed by atoms with Gasteiger partial charge in [-0.25, -0.2) is 0 Å². The maximum atomic E-state index is 2.48. The molecule has 6 aromatic rings.